The van der Waals surface area contributed by atoms with Gasteiger partial charge >= 0.3 is 6.18 Å². The second-order valence-electron chi connectivity index (χ2n) is 7.52. The maximum Gasteiger partial charge on any atom is 0.417 e. The van der Waals surface area contributed by atoms with Crippen LogP contribution in [0.25, 0.3) is 5.65 Å². The van der Waals surface area contributed by atoms with Gasteiger partial charge in [0.15, 0.2) is 11.5 Å². The van der Waals surface area contributed by atoms with Crippen LogP contribution in [0.4, 0.5) is 24.8 Å². The Kier molecular flexibility index (Phi) is 4.29. The predicted molar refractivity (Wildman–Crippen MR) is 101 cm³/mol. The van der Waals surface area contributed by atoms with Crippen molar-refractivity contribution in [1.29, 1.82) is 0 Å². The highest BCUT2D eigenvalue weighted by atomic mass is 19.4. The van der Waals surface area contributed by atoms with Gasteiger partial charge in [0.05, 0.1) is 5.56 Å². The van der Waals surface area contributed by atoms with Gasteiger partial charge in [0, 0.05) is 38.3 Å². The highest BCUT2D eigenvalue weighted by Crippen LogP contribution is 2.32. The average Bonchev–Trinajstić information content (AvgIpc) is 3.10. The van der Waals surface area contributed by atoms with E-state index in [4.69, 9.17) is 5.10 Å². The summed E-state index contributed by atoms with van der Waals surface area (Å²) in [7, 11) is 0. The quantitative estimate of drug-likeness (QED) is 0.670. The van der Waals surface area contributed by atoms with E-state index in [-0.39, 0.29) is 5.92 Å². The number of anilines is 2. The Balaban J connectivity index is 1.30. The van der Waals surface area contributed by atoms with E-state index < -0.39 is 11.7 Å². The molecule has 7 nitrogen and oxygen atoms in total. The van der Waals surface area contributed by atoms with Crippen molar-refractivity contribution in [2.75, 3.05) is 36.0 Å². The second-order valence-corrected chi connectivity index (χ2v) is 7.52. The Hall–Kier alpha value is -2.91. The summed E-state index contributed by atoms with van der Waals surface area (Å²) in [5, 5.41) is 13.3. The van der Waals surface area contributed by atoms with Crippen molar-refractivity contribution in [3.05, 3.63) is 41.9 Å². The third kappa shape index (κ3) is 3.36. The molecule has 2 aliphatic heterocycles. The number of alkyl halides is 3. The van der Waals surface area contributed by atoms with Gasteiger partial charge < -0.3 is 9.80 Å². The van der Waals surface area contributed by atoms with Gasteiger partial charge in [-0.1, -0.05) is 0 Å². The van der Waals surface area contributed by atoms with Crippen molar-refractivity contribution in [2.45, 2.75) is 31.4 Å². The van der Waals surface area contributed by atoms with Crippen LogP contribution in [-0.4, -0.2) is 51.0 Å². The predicted octanol–water partition coefficient (Wildman–Crippen LogP) is 3.13. The van der Waals surface area contributed by atoms with Gasteiger partial charge in [-0.05, 0) is 43.5 Å². The summed E-state index contributed by atoms with van der Waals surface area (Å²) in [6, 6.07) is 6.45. The molecule has 2 fully saturated rings. The van der Waals surface area contributed by atoms with E-state index in [0.29, 0.717) is 18.9 Å². The van der Waals surface area contributed by atoms with Crippen molar-refractivity contribution in [3.8, 4) is 0 Å². The van der Waals surface area contributed by atoms with Crippen molar-refractivity contribution in [2.24, 2.45) is 0 Å². The molecule has 10 heteroatoms. The lowest BCUT2D eigenvalue weighted by Gasteiger charge is -2.33. The average molecular weight is 403 g/mol. The van der Waals surface area contributed by atoms with Crippen LogP contribution in [0.1, 0.15) is 36.6 Å². The van der Waals surface area contributed by atoms with Crippen LogP contribution in [0.3, 0.4) is 0 Å². The third-order valence-corrected chi connectivity index (χ3v) is 5.71. The highest BCUT2D eigenvalue weighted by Gasteiger charge is 2.31. The van der Waals surface area contributed by atoms with Crippen LogP contribution in [0.2, 0.25) is 0 Å². The van der Waals surface area contributed by atoms with Gasteiger partial charge in [-0.2, -0.15) is 17.7 Å². The molecule has 0 aliphatic carbocycles. The zero-order valence-electron chi connectivity index (χ0n) is 15.7. The number of piperidine rings is 1. The molecule has 3 aromatic rings. The number of aromatic nitrogens is 5. The molecule has 29 heavy (non-hydrogen) atoms. The van der Waals surface area contributed by atoms with Gasteiger partial charge in [-0.25, -0.2) is 4.98 Å². The van der Waals surface area contributed by atoms with Crippen molar-refractivity contribution in [1.82, 2.24) is 24.8 Å². The molecular weight excluding hydrogens is 383 g/mol. The van der Waals surface area contributed by atoms with Crippen LogP contribution in [0.5, 0.6) is 0 Å². The maximum atomic E-state index is 12.7. The molecule has 152 valence electrons. The van der Waals surface area contributed by atoms with Gasteiger partial charge in [0.2, 0.25) is 0 Å². The fourth-order valence-electron chi connectivity index (χ4n) is 3.87. The SMILES string of the molecule is FC(F)(F)c1ccc(N2CCC(c3nnc4ccc(N5CCC5)nn34)CC2)nc1. The topological polar surface area (TPSA) is 62.5 Å². The minimum Gasteiger partial charge on any atom is -0.357 e. The van der Waals surface area contributed by atoms with E-state index in [1.54, 1.807) is 0 Å². The van der Waals surface area contributed by atoms with Crippen molar-refractivity contribution >= 4 is 17.3 Å². The number of hydrogen-bond donors (Lipinski definition) is 0. The molecule has 3 aromatic heterocycles. The van der Waals surface area contributed by atoms with E-state index >= 15 is 0 Å². The minimum atomic E-state index is -4.37. The van der Waals surface area contributed by atoms with Gasteiger partial charge in [-0.3, -0.25) is 0 Å². The first-order valence-corrected chi connectivity index (χ1v) is 9.74. The lowest BCUT2D eigenvalue weighted by Crippen LogP contribution is -2.38. The molecule has 0 atom stereocenters. The summed E-state index contributed by atoms with van der Waals surface area (Å²) in [5.74, 6) is 2.56. The van der Waals surface area contributed by atoms with E-state index in [9.17, 15) is 13.2 Å². The fourth-order valence-corrected chi connectivity index (χ4v) is 3.87. The number of nitrogens with zero attached hydrogens (tertiary/aromatic N) is 7. The maximum absolute atomic E-state index is 12.7. The zero-order chi connectivity index (χ0) is 20.0. The molecule has 0 unspecified atom stereocenters. The summed E-state index contributed by atoms with van der Waals surface area (Å²) < 4.78 is 40.0. The Morgan fingerprint density at radius 1 is 0.862 bits per heavy atom. The Morgan fingerprint density at radius 3 is 2.21 bits per heavy atom. The number of fused-ring (bicyclic) bond motifs is 1. The Labute approximate surface area is 165 Å². The fraction of sp³-hybridized carbons (Fsp3) is 0.474. The molecule has 0 amide bonds. The van der Waals surface area contributed by atoms with E-state index in [2.05, 4.69) is 20.1 Å². The van der Waals surface area contributed by atoms with E-state index in [1.165, 1.54) is 12.5 Å². The lowest BCUT2D eigenvalue weighted by atomic mass is 9.96. The minimum absolute atomic E-state index is 0.204. The van der Waals surface area contributed by atoms with Gasteiger partial charge in [0.25, 0.3) is 0 Å². The van der Waals surface area contributed by atoms with E-state index in [1.807, 2.05) is 21.5 Å². The molecule has 5 rings (SSSR count). The van der Waals surface area contributed by atoms with Crippen LogP contribution in [-0.2, 0) is 6.18 Å². The summed E-state index contributed by atoms with van der Waals surface area (Å²) in [4.78, 5) is 8.25. The Morgan fingerprint density at radius 2 is 1.59 bits per heavy atom. The van der Waals surface area contributed by atoms with Gasteiger partial charge in [0.1, 0.15) is 11.6 Å². The molecule has 0 N–H and O–H groups in total. The zero-order valence-corrected chi connectivity index (χ0v) is 15.7. The number of halogens is 3. The largest absolute Gasteiger partial charge is 0.417 e. The first-order valence-electron chi connectivity index (χ1n) is 9.74. The third-order valence-electron chi connectivity index (χ3n) is 5.71. The standard InChI is InChI=1S/C19H20F3N7/c20-19(21,22)14-2-3-15(23-12-14)28-10-6-13(7-11-28)18-25-24-16-4-5-17(26-29(16)18)27-8-1-9-27/h2-5,12-13H,1,6-11H2. The van der Waals surface area contributed by atoms with Crippen LogP contribution < -0.4 is 9.80 Å². The molecular formula is C19H20F3N7. The molecule has 2 aliphatic rings. The van der Waals surface area contributed by atoms with E-state index in [0.717, 1.165) is 55.5 Å². The molecule has 0 saturated carbocycles. The van der Waals surface area contributed by atoms with Crippen LogP contribution in [0, 0.1) is 0 Å². The van der Waals surface area contributed by atoms with Crippen LogP contribution in [0.15, 0.2) is 30.5 Å². The normalized spacial score (nSPS) is 18.3. The summed E-state index contributed by atoms with van der Waals surface area (Å²) in [6.07, 6.45) is -0.646. The number of pyridine rings is 1. The highest BCUT2D eigenvalue weighted by molar-refractivity contribution is 5.47. The molecule has 0 bridgehead atoms. The van der Waals surface area contributed by atoms with Gasteiger partial charge in [-0.15, -0.1) is 15.3 Å². The number of hydrogen-bond acceptors (Lipinski definition) is 6. The summed E-state index contributed by atoms with van der Waals surface area (Å²) in [5.41, 5.74) is 0.00579. The monoisotopic (exact) mass is 403 g/mol. The molecule has 0 aromatic carbocycles. The molecule has 2 saturated heterocycles. The summed E-state index contributed by atoms with van der Waals surface area (Å²) >= 11 is 0. The molecule has 0 spiro atoms. The lowest BCUT2D eigenvalue weighted by molar-refractivity contribution is -0.137. The van der Waals surface area contributed by atoms with Crippen LogP contribution >= 0.6 is 0 Å². The Bertz CT molecular complexity index is 1000. The smallest absolute Gasteiger partial charge is 0.357 e. The first-order chi connectivity index (χ1) is 14.0. The number of rotatable bonds is 3. The second kappa shape index (κ2) is 6.85. The van der Waals surface area contributed by atoms with Crippen molar-refractivity contribution in [3.63, 3.8) is 0 Å². The van der Waals surface area contributed by atoms with Crippen molar-refractivity contribution < 1.29 is 13.2 Å². The first kappa shape index (κ1) is 18.1. The molecule has 5 heterocycles. The molecule has 0 radical (unpaired) electrons. The summed E-state index contributed by atoms with van der Waals surface area (Å²) in [6.45, 7) is 3.44.